The van der Waals surface area contributed by atoms with Gasteiger partial charge in [-0.05, 0) is 44.9 Å². The SMILES string of the molecule is CCC(C)n1nc(NC(=O)C(=O)Nc2ccc(C)c(Cl)c2)cc1C. The van der Waals surface area contributed by atoms with E-state index in [2.05, 4.69) is 22.7 Å². The first kappa shape index (κ1) is 18.0. The molecule has 0 spiro atoms. The highest BCUT2D eigenvalue weighted by Gasteiger charge is 2.17. The molecule has 6 nitrogen and oxygen atoms in total. The summed E-state index contributed by atoms with van der Waals surface area (Å²) in [6, 6.07) is 7.02. The number of rotatable bonds is 4. The Labute approximate surface area is 146 Å². The van der Waals surface area contributed by atoms with Gasteiger partial charge < -0.3 is 10.6 Å². The van der Waals surface area contributed by atoms with E-state index in [1.807, 2.05) is 25.5 Å². The first-order valence-corrected chi connectivity index (χ1v) is 8.14. The zero-order valence-corrected chi connectivity index (χ0v) is 14.9. The van der Waals surface area contributed by atoms with Gasteiger partial charge in [0.15, 0.2) is 5.82 Å². The summed E-state index contributed by atoms with van der Waals surface area (Å²) >= 11 is 6.01. The predicted molar refractivity (Wildman–Crippen MR) is 95.4 cm³/mol. The van der Waals surface area contributed by atoms with Crippen LogP contribution in [0.3, 0.4) is 0 Å². The lowest BCUT2D eigenvalue weighted by Gasteiger charge is -2.10. The van der Waals surface area contributed by atoms with E-state index in [1.165, 1.54) is 0 Å². The van der Waals surface area contributed by atoms with Crippen molar-refractivity contribution in [1.82, 2.24) is 9.78 Å². The minimum atomic E-state index is -0.777. The molecule has 0 bridgehead atoms. The van der Waals surface area contributed by atoms with Gasteiger partial charge in [0.2, 0.25) is 0 Å². The lowest BCUT2D eigenvalue weighted by Crippen LogP contribution is -2.29. The van der Waals surface area contributed by atoms with E-state index in [9.17, 15) is 9.59 Å². The fraction of sp³-hybridized carbons (Fsp3) is 0.353. The molecule has 1 aromatic heterocycles. The summed E-state index contributed by atoms with van der Waals surface area (Å²) in [5, 5.41) is 9.87. The van der Waals surface area contributed by atoms with Gasteiger partial charge in [0.25, 0.3) is 0 Å². The van der Waals surface area contributed by atoms with Crippen LogP contribution in [0.4, 0.5) is 11.5 Å². The van der Waals surface area contributed by atoms with Crippen LogP contribution >= 0.6 is 11.6 Å². The number of carbonyl (C=O) groups excluding carboxylic acids is 2. The van der Waals surface area contributed by atoms with Gasteiger partial charge in [0.05, 0.1) is 0 Å². The normalized spacial score (nSPS) is 11.9. The highest BCUT2D eigenvalue weighted by atomic mass is 35.5. The Morgan fingerprint density at radius 2 is 1.88 bits per heavy atom. The Kier molecular flexibility index (Phi) is 5.62. The molecule has 0 aliphatic rings. The average Bonchev–Trinajstić information content (AvgIpc) is 2.90. The van der Waals surface area contributed by atoms with Crippen molar-refractivity contribution >= 4 is 34.9 Å². The zero-order chi connectivity index (χ0) is 17.9. The highest BCUT2D eigenvalue weighted by Crippen LogP contribution is 2.20. The van der Waals surface area contributed by atoms with Crippen LogP contribution in [0.1, 0.15) is 37.6 Å². The Morgan fingerprint density at radius 1 is 1.21 bits per heavy atom. The molecule has 1 heterocycles. The Bertz CT molecular complexity index is 770. The van der Waals surface area contributed by atoms with E-state index < -0.39 is 11.8 Å². The maximum Gasteiger partial charge on any atom is 0.315 e. The van der Waals surface area contributed by atoms with Crippen molar-refractivity contribution in [2.75, 3.05) is 10.6 Å². The van der Waals surface area contributed by atoms with Crippen LogP contribution in [0.25, 0.3) is 0 Å². The maximum absolute atomic E-state index is 12.0. The van der Waals surface area contributed by atoms with Crippen molar-refractivity contribution in [3.63, 3.8) is 0 Å². The number of hydrogen-bond donors (Lipinski definition) is 2. The number of benzene rings is 1. The molecular weight excluding hydrogens is 328 g/mol. The molecule has 128 valence electrons. The van der Waals surface area contributed by atoms with Crippen LogP contribution in [-0.2, 0) is 9.59 Å². The quantitative estimate of drug-likeness (QED) is 0.827. The summed E-state index contributed by atoms with van der Waals surface area (Å²) in [5.41, 5.74) is 2.28. The van der Waals surface area contributed by atoms with Crippen LogP contribution in [0, 0.1) is 13.8 Å². The Hall–Kier alpha value is -2.34. The van der Waals surface area contributed by atoms with Crippen molar-refractivity contribution in [3.8, 4) is 0 Å². The molecular formula is C17H21ClN4O2. The summed E-state index contributed by atoms with van der Waals surface area (Å²) in [4.78, 5) is 24.0. The molecule has 1 unspecified atom stereocenters. The predicted octanol–water partition coefficient (Wildman–Crippen LogP) is 3.70. The van der Waals surface area contributed by atoms with E-state index in [1.54, 1.807) is 24.3 Å². The standard InChI is InChI=1S/C17H21ClN4O2/c1-5-11(3)22-12(4)8-15(21-22)20-17(24)16(23)19-13-7-6-10(2)14(18)9-13/h6-9,11H,5H2,1-4H3,(H,19,23)(H,20,21,24). The molecule has 0 radical (unpaired) electrons. The number of anilines is 2. The maximum atomic E-state index is 12.0. The molecule has 0 saturated heterocycles. The first-order chi connectivity index (χ1) is 11.3. The van der Waals surface area contributed by atoms with Crippen molar-refractivity contribution in [2.24, 2.45) is 0 Å². The topological polar surface area (TPSA) is 76.0 Å². The molecule has 24 heavy (non-hydrogen) atoms. The molecule has 0 fully saturated rings. The Balaban J connectivity index is 2.03. The fourth-order valence-electron chi connectivity index (χ4n) is 2.20. The lowest BCUT2D eigenvalue weighted by atomic mass is 10.2. The van der Waals surface area contributed by atoms with E-state index in [0.29, 0.717) is 16.5 Å². The number of hydrogen-bond acceptors (Lipinski definition) is 3. The van der Waals surface area contributed by atoms with Gasteiger partial charge in [-0.15, -0.1) is 0 Å². The van der Waals surface area contributed by atoms with Crippen molar-refractivity contribution in [3.05, 3.63) is 40.5 Å². The van der Waals surface area contributed by atoms with Gasteiger partial charge in [-0.25, -0.2) is 0 Å². The zero-order valence-electron chi connectivity index (χ0n) is 14.2. The van der Waals surface area contributed by atoms with Gasteiger partial charge in [-0.3, -0.25) is 14.3 Å². The molecule has 1 aromatic carbocycles. The van der Waals surface area contributed by atoms with Crippen LogP contribution in [0.15, 0.2) is 24.3 Å². The smallest absolute Gasteiger partial charge is 0.315 e. The van der Waals surface area contributed by atoms with Crippen molar-refractivity contribution < 1.29 is 9.59 Å². The molecule has 0 aliphatic heterocycles. The number of carbonyl (C=O) groups is 2. The summed E-state index contributed by atoms with van der Waals surface area (Å²) in [6.45, 7) is 7.86. The van der Waals surface area contributed by atoms with Crippen molar-refractivity contribution in [1.29, 1.82) is 0 Å². The summed E-state index contributed by atoms with van der Waals surface area (Å²) in [7, 11) is 0. The van der Waals surface area contributed by atoms with E-state index >= 15 is 0 Å². The van der Waals surface area contributed by atoms with Crippen LogP contribution in [0.5, 0.6) is 0 Å². The molecule has 7 heteroatoms. The van der Waals surface area contributed by atoms with Crippen molar-refractivity contribution in [2.45, 2.75) is 40.2 Å². The third-order valence-corrected chi connectivity index (χ3v) is 4.22. The van der Waals surface area contributed by atoms with E-state index in [-0.39, 0.29) is 6.04 Å². The third-order valence-electron chi connectivity index (χ3n) is 3.81. The Morgan fingerprint density at radius 3 is 2.50 bits per heavy atom. The second kappa shape index (κ2) is 7.49. The molecule has 2 N–H and O–H groups in total. The van der Waals surface area contributed by atoms with Gasteiger partial charge >= 0.3 is 11.8 Å². The molecule has 0 aliphatic carbocycles. The first-order valence-electron chi connectivity index (χ1n) is 7.76. The minimum Gasteiger partial charge on any atom is -0.318 e. The van der Waals surface area contributed by atoms with Gasteiger partial charge in [-0.1, -0.05) is 24.6 Å². The third kappa shape index (κ3) is 4.14. The lowest BCUT2D eigenvalue weighted by molar-refractivity contribution is -0.133. The van der Waals surface area contributed by atoms with Gasteiger partial charge in [0, 0.05) is 28.5 Å². The van der Waals surface area contributed by atoms with Crippen LogP contribution in [-0.4, -0.2) is 21.6 Å². The molecule has 2 aromatic rings. The fourth-order valence-corrected chi connectivity index (χ4v) is 2.38. The van der Waals surface area contributed by atoms with E-state index in [4.69, 9.17) is 11.6 Å². The highest BCUT2D eigenvalue weighted by molar-refractivity contribution is 6.43. The molecule has 2 rings (SSSR count). The summed E-state index contributed by atoms with van der Waals surface area (Å²) < 4.78 is 1.83. The molecule has 1 atom stereocenters. The number of aromatic nitrogens is 2. The number of halogens is 1. The monoisotopic (exact) mass is 348 g/mol. The number of aryl methyl sites for hydroxylation is 2. The molecule has 0 saturated carbocycles. The van der Waals surface area contributed by atoms with Crippen LogP contribution in [0.2, 0.25) is 5.02 Å². The van der Waals surface area contributed by atoms with Gasteiger partial charge in [0.1, 0.15) is 0 Å². The summed E-state index contributed by atoms with van der Waals surface area (Å²) in [6.07, 6.45) is 0.921. The number of amides is 2. The second-order valence-corrected chi connectivity index (χ2v) is 6.15. The molecule has 2 amide bonds. The van der Waals surface area contributed by atoms with Gasteiger partial charge in [-0.2, -0.15) is 5.10 Å². The van der Waals surface area contributed by atoms with Crippen LogP contribution < -0.4 is 10.6 Å². The largest absolute Gasteiger partial charge is 0.318 e. The number of nitrogens with one attached hydrogen (secondary N) is 2. The minimum absolute atomic E-state index is 0.221. The second-order valence-electron chi connectivity index (χ2n) is 5.75. The van der Waals surface area contributed by atoms with E-state index in [0.717, 1.165) is 17.7 Å². The summed E-state index contributed by atoms with van der Waals surface area (Å²) in [5.74, 6) is -1.19. The number of nitrogens with zero attached hydrogens (tertiary/aromatic N) is 2. The average molecular weight is 349 g/mol.